The Hall–Kier alpha value is -2.90. The van der Waals surface area contributed by atoms with E-state index in [1.54, 1.807) is 6.07 Å². The van der Waals surface area contributed by atoms with Crippen LogP contribution in [0.3, 0.4) is 0 Å². The molecular weight excluding hydrogens is 536 g/mol. The minimum Gasteiger partial charge on any atom is -0.354 e. The van der Waals surface area contributed by atoms with Crippen molar-refractivity contribution in [1.82, 2.24) is 21.3 Å². The van der Waals surface area contributed by atoms with E-state index < -0.39 is 17.6 Å². The van der Waals surface area contributed by atoms with Crippen molar-refractivity contribution in [2.75, 3.05) is 6.54 Å². The molecule has 1 saturated carbocycles. The van der Waals surface area contributed by atoms with Gasteiger partial charge in [-0.15, -0.1) is 0 Å². The third-order valence-corrected chi connectivity index (χ3v) is 8.99. The van der Waals surface area contributed by atoms with E-state index in [4.69, 9.17) is 11.6 Å². The number of fused-ring (bicyclic) bond motifs is 1. The molecule has 0 aromatic heterocycles. The topological polar surface area (TPSA) is 99.3 Å². The Bertz CT molecular complexity index is 1200. The highest BCUT2D eigenvalue weighted by Gasteiger charge is 2.45. The summed E-state index contributed by atoms with van der Waals surface area (Å²) in [4.78, 5) is 41.2. The average Bonchev–Trinajstić information content (AvgIpc) is 3.44. The van der Waals surface area contributed by atoms with Gasteiger partial charge in [0.2, 0.25) is 17.7 Å². The Kier molecular flexibility index (Phi) is 11.2. The Morgan fingerprint density at radius 1 is 0.927 bits per heavy atom. The summed E-state index contributed by atoms with van der Waals surface area (Å²) >= 11 is 6.22. The van der Waals surface area contributed by atoms with Crippen molar-refractivity contribution in [3.63, 3.8) is 0 Å². The van der Waals surface area contributed by atoms with Gasteiger partial charge < -0.3 is 21.3 Å². The lowest BCUT2D eigenvalue weighted by Crippen LogP contribution is -2.63. The number of aryl methyl sites for hydroxylation is 1. The molecule has 1 aliphatic heterocycles. The van der Waals surface area contributed by atoms with Crippen molar-refractivity contribution in [2.24, 2.45) is 5.92 Å². The normalized spacial score (nSPS) is 23.4. The molecule has 3 atom stereocenters. The largest absolute Gasteiger partial charge is 0.354 e. The Morgan fingerprint density at radius 3 is 2.41 bits per heavy atom. The number of benzene rings is 2. The second kappa shape index (κ2) is 14.8. The van der Waals surface area contributed by atoms with Crippen molar-refractivity contribution in [3.05, 3.63) is 70.2 Å². The third kappa shape index (κ3) is 8.32. The predicted octanol–water partition coefficient (Wildman–Crippen LogP) is 4.84. The van der Waals surface area contributed by atoms with Crippen molar-refractivity contribution in [3.8, 4) is 0 Å². The third-order valence-electron chi connectivity index (χ3n) is 8.75. The van der Waals surface area contributed by atoms with Crippen LogP contribution in [-0.4, -0.2) is 41.9 Å². The van der Waals surface area contributed by atoms with Crippen molar-refractivity contribution >= 4 is 29.3 Å². The van der Waals surface area contributed by atoms with Crippen molar-refractivity contribution in [1.29, 1.82) is 0 Å². The van der Waals surface area contributed by atoms with E-state index in [0.717, 1.165) is 50.5 Å². The van der Waals surface area contributed by atoms with Crippen molar-refractivity contribution < 1.29 is 14.4 Å². The lowest BCUT2D eigenvalue weighted by Gasteiger charge is -2.34. The Morgan fingerprint density at radius 2 is 1.68 bits per heavy atom. The molecule has 4 rings (SSSR count). The molecule has 1 spiro atoms. The standard InChI is InChI=1S/C33H45ClN4O3/c1-3-23(2)29-31(40)38-33(17-8-9-18-33)32(41)37-28(21-24-12-11-16-27(34)20-24)30(39)35-19-10-4-5-13-25-14-6-7-15-26(25)22-36-29/h6-7,11-12,14-16,20,23,28-29,36H,3-5,8-10,13,17-19,21-22H2,1-2H3,(H,35,39)(H,37,41)(H,38,40)/t23-,28-,29-/m0/s1. The summed E-state index contributed by atoms with van der Waals surface area (Å²) in [5.74, 6) is -0.593. The van der Waals surface area contributed by atoms with Crippen LogP contribution in [0.2, 0.25) is 5.02 Å². The van der Waals surface area contributed by atoms with E-state index in [1.807, 2.05) is 24.3 Å². The fourth-order valence-electron chi connectivity index (χ4n) is 6.04. The van der Waals surface area contributed by atoms with Crippen molar-refractivity contribution in [2.45, 2.75) is 102 Å². The van der Waals surface area contributed by atoms with Gasteiger partial charge in [-0.3, -0.25) is 14.4 Å². The van der Waals surface area contributed by atoms with Gasteiger partial charge in [0.15, 0.2) is 0 Å². The summed E-state index contributed by atoms with van der Waals surface area (Å²) in [6.07, 6.45) is 7.72. The summed E-state index contributed by atoms with van der Waals surface area (Å²) in [7, 11) is 0. The molecule has 0 unspecified atom stereocenters. The number of amides is 3. The van der Waals surface area contributed by atoms with Crippen LogP contribution in [0.5, 0.6) is 0 Å². The molecule has 2 aromatic rings. The van der Waals surface area contributed by atoms with Crippen LogP contribution in [0, 0.1) is 5.92 Å². The van der Waals surface area contributed by atoms with E-state index >= 15 is 0 Å². The first-order chi connectivity index (χ1) is 19.8. The van der Waals surface area contributed by atoms with Gasteiger partial charge in [-0.25, -0.2) is 0 Å². The molecule has 2 aromatic carbocycles. The van der Waals surface area contributed by atoms with Crippen LogP contribution in [0.1, 0.15) is 81.9 Å². The number of hydrogen-bond donors (Lipinski definition) is 4. The number of nitrogens with one attached hydrogen (secondary N) is 4. The molecule has 8 heteroatoms. The highest BCUT2D eigenvalue weighted by atomic mass is 35.5. The molecule has 4 N–H and O–H groups in total. The Labute approximate surface area is 249 Å². The summed E-state index contributed by atoms with van der Waals surface area (Å²) in [6.45, 7) is 5.29. The van der Waals surface area contributed by atoms with Gasteiger partial charge >= 0.3 is 0 Å². The molecule has 41 heavy (non-hydrogen) atoms. The zero-order chi connectivity index (χ0) is 29.2. The SMILES string of the molecule is CC[C@H](C)[C@@H]1NCc2ccccc2CCCCCNC(=O)[C@H](Cc2cccc(Cl)c2)NC(=O)C2(CCCC2)NC1=O. The quantitative estimate of drug-likeness (QED) is 0.416. The number of carbonyl (C=O) groups excluding carboxylic acids is 3. The van der Waals surface area contributed by atoms with E-state index in [2.05, 4.69) is 53.3 Å². The van der Waals surface area contributed by atoms with E-state index in [-0.39, 0.29) is 23.6 Å². The van der Waals surface area contributed by atoms with Gasteiger partial charge in [0, 0.05) is 24.5 Å². The minimum atomic E-state index is -1.04. The predicted molar refractivity (Wildman–Crippen MR) is 164 cm³/mol. The molecule has 0 saturated heterocycles. The second-order valence-corrected chi connectivity index (χ2v) is 12.2. The van der Waals surface area contributed by atoms with E-state index in [0.29, 0.717) is 37.4 Å². The molecule has 1 fully saturated rings. The lowest BCUT2D eigenvalue weighted by molar-refractivity contribution is -0.137. The smallest absolute Gasteiger partial charge is 0.246 e. The first-order valence-corrected chi connectivity index (χ1v) is 15.6. The zero-order valence-corrected chi connectivity index (χ0v) is 25.2. The average molecular weight is 581 g/mol. The van der Waals surface area contributed by atoms with E-state index in [9.17, 15) is 14.4 Å². The van der Waals surface area contributed by atoms with Crippen LogP contribution < -0.4 is 21.3 Å². The number of hydrogen-bond acceptors (Lipinski definition) is 4. The first-order valence-electron chi connectivity index (χ1n) is 15.3. The van der Waals surface area contributed by atoms with Gasteiger partial charge in [-0.05, 0) is 66.8 Å². The molecule has 2 aliphatic rings. The highest BCUT2D eigenvalue weighted by Crippen LogP contribution is 2.31. The molecule has 0 bridgehead atoms. The van der Waals surface area contributed by atoms with Crippen LogP contribution in [-0.2, 0) is 33.8 Å². The van der Waals surface area contributed by atoms with Gasteiger partial charge in [-0.2, -0.15) is 0 Å². The summed E-state index contributed by atoms with van der Waals surface area (Å²) < 4.78 is 0. The lowest BCUT2D eigenvalue weighted by atomic mass is 9.91. The van der Waals surface area contributed by atoms with Crippen LogP contribution >= 0.6 is 11.6 Å². The first kappa shape index (κ1) is 31.0. The summed E-state index contributed by atoms with van der Waals surface area (Å²) in [5, 5.41) is 13.4. The highest BCUT2D eigenvalue weighted by molar-refractivity contribution is 6.30. The van der Waals surface area contributed by atoms with Gasteiger partial charge in [0.1, 0.15) is 11.6 Å². The fourth-order valence-corrected chi connectivity index (χ4v) is 6.25. The molecular formula is C33H45ClN4O3. The van der Waals surface area contributed by atoms with Gasteiger partial charge in [0.05, 0.1) is 6.04 Å². The fraction of sp³-hybridized carbons (Fsp3) is 0.545. The molecule has 222 valence electrons. The maximum absolute atomic E-state index is 13.9. The Balaban J connectivity index is 1.62. The van der Waals surface area contributed by atoms with Crippen LogP contribution in [0.4, 0.5) is 0 Å². The maximum Gasteiger partial charge on any atom is 0.246 e. The van der Waals surface area contributed by atoms with Crippen LogP contribution in [0.15, 0.2) is 48.5 Å². The zero-order valence-electron chi connectivity index (χ0n) is 24.4. The molecule has 3 amide bonds. The monoisotopic (exact) mass is 580 g/mol. The number of halogens is 1. The second-order valence-electron chi connectivity index (χ2n) is 11.8. The number of carbonyl (C=O) groups is 3. The molecule has 0 radical (unpaired) electrons. The summed E-state index contributed by atoms with van der Waals surface area (Å²) in [6, 6.07) is 14.5. The van der Waals surface area contributed by atoms with E-state index in [1.165, 1.54) is 11.1 Å². The van der Waals surface area contributed by atoms with Gasteiger partial charge in [0.25, 0.3) is 0 Å². The summed E-state index contributed by atoms with van der Waals surface area (Å²) in [5.41, 5.74) is 2.30. The van der Waals surface area contributed by atoms with Crippen LogP contribution in [0.25, 0.3) is 0 Å². The molecule has 1 heterocycles. The molecule has 1 aliphatic carbocycles. The molecule has 7 nitrogen and oxygen atoms in total. The maximum atomic E-state index is 13.9. The van der Waals surface area contributed by atoms with Gasteiger partial charge in [-0.1, -0.05) is 87.5 Å². The number of rotatable bonds is 4. The minimum absolute atomic E-state index is 0.0793.